The molecule has 1 saturated heterocycles. The standard InChI is InChI=1S/C13H16N2O/c1-10-4-5-11-8-14-15(13(11)7-10)12-3-2-6-16-9-12/h4-5,7-8,12H,2-3,6,9H2,1H3. The summed E-state index contributed by atoms with van der Waals surface area (Å²) in [5, 5.41) is 5.72. The average molecular weight is 216 g/mol. The second kappa shape index (κ2) is 3.91. The first kappa shape index (κ1) is 9.85. The first-order valence-corrected chi connectivity index (χ1v) is 5.86. The molecule has 1 aromatic heterocycles. The van der Waals surface area contributed by atoms with Crippen molar-refractivity contribution in [3.8, 4) is 0 Å². The Morgan fingerprint density at radius 1 is 1.44 bits per heavy atom. The molecule has 0 N–H and O–H groups in total. The maximum Gasteiger partial charge on any atom is 0.0760 e. The van der Waals surface area contributed by atoms with E-state index in [1.807, 2.05) is 6.20 Å². The summed E-state index contributed by atoms with van der Waals surface area (Å²) in [4.78, 5) is 0. The van der Waals surface area contributed by atoms with Gasteiger partial charge < -0.3 is 4.74 Å². The Kier molecular flexibility index (Phi) is 2.40. The summed E-state index contributed by atoms with van der Waals surface area (Å²) in [6.45, 7) is 3.81. The van der Waals surface area contributed by atoms with Crippen LogP contribution in [0.15, 0.2) is 24.4 Å². The number of nitrogens with zero attached hydrogens (tertiary/aromatic N) is 2. The number of ether oxygens (including phenoxy) is 1. The lowest BCUT2D eigenvalue weighted by Crippen LogP contribution is -2.21. The number of benzene rings is 1. The highest BCUT2D eigenvalue weighted by molar-refractivity contribution is 5.79. The van der Waals surface area contributed by atoms with E-state index >= 15 is 0 Å². The van der Waals surface area contributed by atoms with Crippen LogP contribution in [0.2, 0.25) is 0 Å². The van der Waals surface area contributed by atoms with Crippen LogP contribution in [0.3, 0.4) is 0 Å². The summed E-state index contributed by atoms with van der Waals surface area (Å²) in [5.74, 6) is 0. The lowest BCUT2D eigenvalue weighted by atomic mass is 10.1. The fourth-order valence-corrected chi connectivity index (χ4v) is 2.36. The van der Waals surface area contributed by atoms with Crippen LogP contribution in [0.1, 0.15) is 24.4 Å². The summed E-state index contributed by atoms with van der Waals surface area (Å²) in [6.07, 6.45) is 4.26. The first-order valence-electron chi connectivity index (χ1n) is 5.86. The molecule has 1 atom stereocenters. The van der Waals surface area contributed by atoms with E-state index in [4.69, 9.17) is 4.74 Å². The summed E-state index contributed by atoms with van der Waals surface area (Å²) in [5.41, 5.74) is 2.52. The highest BCUT2D eigenvalue weighted by Crippen LogP contribution is 2.24. The SMILES string of the molecule is Cc1ccc2cnn(C3CCCOC3)c2c1. The molecule has 16 heavy (non-hydrogen) atoms. The van der Waals surface area contributed by atoms with Crippen molar-refractivity contribution in [2.75, 3.05) is 13.2 Å². The monoisotopic (exact) mass is 216 g/mol. The number of aromatic nitrogens is 2. The molecule has 3 nitrogen and oxygen atoms in total. The Labute approximate surface area is 95.0 Å². The number of aryl methyl sites for hydroxylation is 1. The molecular formula is C13H16N2O. The molecule has 3 heteroatoms. The Morgan fingerprint density at radius 3 is 3.19 bits per heavy atom. The van der Waals surface area contributed by atoms with Crippen LogP contribution in [-0.4, -0.2) is 23.0 Å². The van der Waals surface area contributed by atoms with Gasteiger partial charge in [0.05, 0.1) is 24.4 Å². The van der Waals surface area contributed by atoms with Crippen LogP contribution in [0, 0.1) is 6.92 Å². The van der Waals surface area contributed by atoms with Crippen molar-refractivity contribution < 1.29 is 4.74 Å². The van der Waals surface area contributed by atoms with Crippen molar-refractivity contribution >= 4 is 10.9 Å². The molecule has 1 fully saturated rings. The number of hydrogen-bond acceptors (Lipinski definition) is 2. The molecular weight excluding hydrogens is 200 g/mol. The molecule has 1 aliphatic heterocycles. The average Bonchev–Trinajstić information content (AvgIpc) is 2.73. The van der Waals surface area contributed by atoms with Gasteiger partial charge in [0, 0.05) is 12.0 Å². The zero-order valence-electron chi connectivity index (χ0n) is 9.52. The fraction of sp³-hybridized carbons (Fsp3) is 0.462. The predicted molar refractivity (Wildman–Crippen MR) is 63.6 cm³/mol. The Balaban J connectivity index is 2.05. The van der Waals surface area contributed by atoms with Gasteiger partial charge in [-0.05, 0) is 31.4 Å². The Hall–Kier alpha value is -1.35. The fourth-order valence-electron chi connectivity index (χ4n) is 2.36. The lowest BCUT2D eigenvalue weighted by Gasteiger charge is -2.23. The van der Waals surface area contributed by atoms with Gasteiger partial charge in [-0.3, -0.25) is 4.68 Å². The molecule has 0 spiro atoms. The number of fused-ring (bicyclic) bond motifs is 1. The van der Waals surface area contributed by atoms with Gasteiger partial charge in [-0.2, -0.15) is 5.10 Å². The third-order valence-corrected chi connectivity index (χ3v) is 3.24. The van der Waals surface area contributed by atoms with Gasteiger partial charge in [-0.15, -0.1) is 0 Å². The van der Waals surface area contributed by atoms with Gasteiger partial charge in [0.1, 0.15) is 0 Å². The number of hydrogen-bond donors (Lipinski definition) is 0. The highest BCUT2D eigenvalue weighted by atomic mass is 16.5. The summed E-state index contributed by atoms with van der Waals surface area (Å²) in [7, 11) is 0. The van der Waals surface area contributed by atoms with Gasteiger partial charge in [-0.1, -0.05) is 12.1 Å². The second-order valence-corrected chi connectivity index (χ2v) is 4.52. The molecule has 1 unspecified atom stereocenters. The van der Waals surface area contributed by atoms with E-state index in [1.54, 1.807) is 0 Å². The lowest BCUT2D eigenvalue weighted by molar-refractivity contribution is 0.0565. The van der Waals surface area contributed by atoms with Crippen molar-refractivity contribution in [2.45, 2.75) is 25.8 Å². The van der Waals surface area contributed by atoms with Gasteiger partial charge >= 0.3 is 0 Å². The van der Waals surface area contributed by atoms with E-state index in [-0.39, 0.29) is 0 Å². The van der Waals surface area contributed by atoms with Crippen molar-refractivity contribution in [1.82, 2.24) is 9.78 Å². The smallest absolute Gasteiger partial charge is 0.0760 e. The first-order chi connectivity index (χ1) is 7.84. The van der Waals surface area contributed by atoms with E-state index in [0.717, 1.165) is 19.6 Å². The molecule has 0 amide bonds. The van der Waals surface area contributed by atoms with Crippen LogP contribution >= 0.6 is 0 Å². The van der Waals surface area contributed by atoms with Gasteiger partial charge in [-0.25, -0.2) is 0 Å². The summed E-state index contributed by atoms with van der Waals surface area (Å²) >= 11 is 0. The van der Waals surface area contributed by atoms with Crippen LogP contribution < -0.4 is 0 Å². The predicted octanol–water partition coefficient (Wildman–Crippen LogP) is 2.70. The van der Waals surface area contributed by atoms with Gasteiger partial charge in [0.2, 0.25) is 0 Å². The zero-order valence-corrected chi connectivity index (χ0v) is 9.52. The third kappa shape index (κ3) is 1.61. The quantitative estimate of drug-likeness (QED) is 0.732. The maximum absolute atomic E-state index is 5.52. The molecule has 0 radical (unpaired) electrons. The Bertz CT molecular complexity index is 498. The molecule has 1 aromatic carbocycles. The summed E-state index contributed by atoms with van der Waals surface area (Å²) < 4.78 is 7.65. The summed E-state index contributed by atoms with van der Waals surface area (Å²) in [6, 6.07) is 6.88. The van der Waals surface area contributed by atoms with E-state index in [1.165, 1.54) is 22.9 Å². The topological polar surface area (TPSA) is 27.1 Å². The molecule has 0 bridgehead atoms. The van der Waals surface area contributed by atoms with Crippen molar-refractivity contribution in [2.24, 2.45) is 0 Å². The minimum absolute atomic E-state index is 0.410. The molecule has 3 rings (SSSR count). The normalized spacial score (nSPS) is 21.4. The van der Waals surface area contributed by atoms with Crippen molar-refractivity contribution in [3.63, 3.8) is 0 Å². The van der Waals surface area contributed by atoms with Crippen LogP contribution in [0.4, 0.5) is 0 Å². The molecule has 84 valence electrons. The van der Waals surface area contributed by atoms with E-state index in [0.29, 0.717) is 6.04 Å². The van der Waals surface area contributed by atoms with Gasteiger partial charge in [0.15, 0.2) is 0 Å². The Morgan fingerprint density at radius 2 is 2.38 bits per heavy atom. The largest absolute Gasteiger partial charge is 0.379 e. The molecule has 2 aromatic rings. The maximum atomic E-state index is 5.52. The van der Waals surface area contributed by atoms with E-state index < -0.39 is 0 Å². The van der Waals surface area contributed by atoms with Crippen LogP contribution in [-0.2, 0) is 4.74 Å². The van der Waals surface area contributed by atoms with Crippen LogP contribution in [0.5, 0.6) is 0 Å². The molecule has 1 aliphatic rings. The van der Waals surface area contributed by atoms with Crippen molar-refractivity contribution in [1.29, 1.82) is 0 Å². The minimum Gasteiger partial charge on any atom is -0.379 e. The van der Waals surface area contributed by atoms with Gasteiger partial charge in [0.25, 0.3) is 0 Å². The second-order valence-electron chi connectivity index (χ2n) is 4.52. The molecule has 2 heterocycles. The minimum atomic E-state index is 0.410. The van der Waals surface area contributed by atoms with Crippen molar-refractivity contribution in [3.05, 3.63) is 30.0 Å². The van der Waals surface area contributed by atoms with Crippen LogP contribution in [0.25, 0.3) is 10.9 Å². The van der Waals surface area contributed by atoms with E-state index in [2.05, 4.69) is 34.9 Å². The third-order valence-electron chi connectivity index (χ3n) is 3.24. The molecule has 0 aliphatic carbocycles. The molecule has 0 saturated carbocycles. The number of rotatable bonds is 1. The highest BCUT2D eigenvalue weighted by Gasteiger charge is 2.18. The zero-order chi connectivity index (χ0) is 11.0. The van der Waals surface area contributed by atoms with E-state index in [9.17, 15) is 0 Å².